The summed E-state index contributed by atoms with van der Waals surface area (Å²) in [6.07, 6.45) is 3.47. The minimum absolute atomic E-state index is 0.0188. The molecule has 1 fully saturated rings. The van der Waals surface area contributed by atoms with E-state index >= 15 is 0 Å². The van der Waals surface area contributed by atoms with Gasteiger partial charge in [-0.25, -0.2) is 9.48 Å². The zero-order chi connectivity index (χ0) is 17.4. The molecule has 25 heavy (non-hydrogen) atoms. The molecule has 6 heteroatoms. The van der Waals surface area contributed by atoms with E-state index in [2.05, 4.69) is 5.10 Å². The number of fused-ring (bicyclic) bond motifs is 1. The Morgan fingerprint density at radius 1 is 1.16 bits per heavy atom. The molecule has 0 spiro atoms. The fourth-order valence-corrected chi connectivity index (χ4v) is 3.37. The number of nitrogens with zero attached hydrogens (tertiary/aromatic N) is 4. The molecule has 1 aliphatic carbocycles. The molecule has 4 rings (SSSR count). The van der Waals surface area contributed by atoms with Gasteiger partial charge in [-0.1, -0.05) is 29.8 Å². The molecule has 2 aromatic rings. The molecule has 0 saturated heterocycles. The average Bonchev–Trinajstić information content (AvgIpc) is 3.39. The molecule has 1 amide bonds. The Labute approximate surface area is 147 Å². The van der Waals surface area contributed by atoms with Crippen LogP contribution in [0.25, 0.3) is 0 Å². The van der Waals surface area contributed by atoms with Gasteiger partial charge in [0.05, 0.1) is 6.42 Å². The summed E-state index contributed by atoms with van der Waals surface area (Å²) in [7, 11) is 0. The molecule has 6 nitrogen and oxygen atoms in total. The van der Waals surface area contributed by atoms with Crippen molar-refractivity contribution >= 4 is 5.91 Å². The molecule has 2 heterocycles. The normalized spacial score (nSPS) is 17.2. The lowest BCUT2D eigenvalue weighted by molar-refractivity contribution is -0.130. The maximum absolute atomic E-state index is 12.6. The molecule has 0 unspecified atom stereocenters. The van der Waals surface area contributed by atoms with E-state index in [1.165, 1.54) is 18.4 Å². The van der Waals surface area contributed by atoms with Crippen LogP contribution in [0, 0.1) is 12.8 Å². The van der Waals surface area contributed by atoms with Crippen molar-refractivity contribution in [3.63, 3.8) is 0 Å². The molecule has 1 aromatic heterocycles. The SMILES string of the molecule is Cc1ccc(CC(=O)N2CCc3nn(CC4CC4)c(=O)n3CC2)cc1. The van der Waals surface area contributed by atoms with Crippen molar-refractivity contribution in [3.05, 3.63) is 51.7 Å². The average molecular weight is 340 g/mol. The van der Waals surface area contributed by atoms with Crippen LogP contribution in [0.2, 0.25) is 0 Å². The third kappa shape index (κ3) is 3.52. The second-order valence-electron chi connectivity index (χ2n) is 7.27. The Balaban J connectivity index is 1.42. The number of hydrogen-bond acceptors (Lipinski definition) is 3. The molecule has 0 bridgehead atoms. The monoisotopic (exact) mass is 340 g/mol. The van der Waals surface area contributed by atoms with Gasteiger partial charge in [-0.05, 0) is 31.2 Å². The van der Waals surface area contributed by atoms with Crippen LogP contribution in [0.1, 0.15) is 29.8 Å². The summed E-state index contributed by atoms with van der Waals surface area (Å²) in [6.45, 7) is 4.53. The first-order valence-electron chi connectivity index (χ1n) is 9.10. The highest BCUT2D eigenvalue weighted by Gasteiger charge is 2.26. The summed E-state index contributed by atoms with van der Waals surface area (Å²) in [4.78, 5) is 26.9. The number of rotatable bonds is 4. The minimum Gasteiger partial charge on any atom is -0.340 e. The molecule has 132 valence electrons. The van der Waals surface area contributed by atoms with Crippen LogP contribution in [0.5, 0.6) is 0 Å². The van der Waals surface area contributed by atoms with Crippen molar-refractivity contribution in [1.82, 2.24) is 19.2 Å². The number of amides is 1. The third-order valence-electron chi connectivity index (χ3n) is 5.15. The molecule has 0 atom stereocenters. The zero-order valence-corrected chi connectivity index (χ0v) is 14.6. The first kappa shape index (κ1) is 16.1. The van der Waals surface area contributed by atoms with E-state index in [0.29, 0.717) is 38.4 Å². The van der Waals surface area contributed by atoms with Gasteiger partial charge < -0.3 is 4.90 Å². The van der Waals surface area contributed by atoms with Gasteiger partial charge in [-0.2, -0.15) is 5.10 Å². The molecule has 0 radical (unpaired) electrons. The first-order valence-corrected chi connectivity index (χ1v) is 9.10. The Morgan fingerprint density at radius 3 is 2.64 bits per heavy atom. The minimum atomic E-state index is -0.0188. The quantitative estimate of drug-likeness (QED) is 0.845. The highest BCUT2D eigenvalue weighted by Crippen LogP contribution is 2.29. The molecule has 0 N–H and O–H groups in total. The molecule has 1 aliphatic heterocycles. The first-order chi connectivity index (χ1) is 12.1. The van der Waals surface area contributed by atoms with E-state index in [1.807, 2.05) is 36.1 Å². The number of aromatic nitrogens is 3. The van der Waals surface area contributed by atoms with E-state index < -0.39 is 0 Å². The van der Waals surface area contributed by atoms with E-state index in [9.17, 15) is 9.59 Å². The highest BCUT2D eigenvalue weighted by molar-refractivity contribution is 5.78. The number of carbonyl (C=O) groups excluding carboxylic acids is 1. The molecule has 2 aliphatic rings. The number of aryl methyl sites for hydroxylation is 1. The number of hydrogen-bond donors (Lipinski definition) is 0. The van der Waals surface area contributed by atoms with Gasteiger partial charge in [0, 0.05) is 32.6 Å². The summed E-state index contributed by atoms with van der Waals surface area (Å²) >= 11 is 0. The Bertz CT molecular complexity index is 830. The number of carbonyl (C=O) groups is 1. The van der Waals surface area contributed by atoms with E-state index in [0.717, 1.165) is 17.9 Å². The van der Waals surface area contributed by atoms with Crippen LogP contribution < -0.4 is 5.69 Å². The van der Waals surface area contributed by atoms with Gasteiger partial charge in [0.1, 0.15) is 5.82 Å². The Morgan fingerprint density at radius 2 is 1.92 bits per heavy atom. The van der Waals surface area contributed by atoms with Crippen molar-refractivity contribution in [2.45, 2.75) is 45.7 Å². The van der Waals surface area contributed by atoms with Gasteiger partial charge in [-0.15, -0.1) is 0 Å². The van der Waals surface area contributed by atoms with Crippen LogP contribution in [-0.4, -0.2) is 38.2 Å². The largest absolute Gasteiger partial charge is 0.345 e. The van der Waals surface area contributed by atoms with Crippen molar-refractivity contribution in [1.29, 1.82) is 0 Å². The molecular weight excluding hydrogens is 316 g/mol. The Hall–Kier alpha value is -2.37. The summed E-state index contributed by atoms with van der Waals surface area (Å²) in [6, 6.07) is 8.07. The third-order valence-corrected chi connectivity index (χ3v) is 5.15. The summed E-state index contributed by atoms with van der Waals surface area (Å²) < 4.78 is 3.37. The van der Waals surface area contributed by atoms with Crippen LogP contribution in [0.3, 0.4) is 0 Å². The second-order valence-corrected chi connectivity index (χ2v) is 7.27. The maximum Gasteiger partial charge on any atom is 0.345 e. The van der Waals surface area contributed by atoms with Crippen molar-refractivity contribution in [2.75, 3.05) is 13.1 Å². The summed E-state index contributed by atoms with van der Waals surface area (Å²) in [5.74, 6) is 1.56. The Kier molecular flexibility index (Phi) is 4.19. The highest BCUT2D eigenvalue weighted by atomic mass is 16.2. The van der Waals surface area contributed by atoms with Gasteiger partial charge in [0.25, 0.3) is 0 Å². The predicted octanol–water partition coefficient (Wildman–Crippen LogP) is 1.39. The molecule has 1 aromatic carbocycles. The van der Waals surface area contributed by atoms with Gasteiger partial charge in [0.15, 0.2) is 0 Å². The number of benzene rings is 1. The lowest BCUT2D eigenvalue weighted by Gasteiger charge is -2.20. The summed E-state index contributed by atoms with van der Waals surface area (Å²) in [5.41, 5.74) is 2.21. The molecule has 1 saturated carbocycles. The lowest BCUT2D eigenvalue weighted by Crippen LogP contribution is -2.36. The summed E-state index contributed by atoms with van der Waals surface area (Å²) in [5, 5.41) is 4.51. The van der Waals surface area contributed by atoms with Crippen LogP contribution in [-0.2, 0) is 30.7 Å². The zero-order valence-electron chi connectivity index (χ0n) is 14.6. The van der Waals surface area contributed by atoms with Gasteiger partial charge >= 0.3 is 5.69 Å². The smallest absolute Gasteiger partial charge is 0.340 e. The lowest BCUT2D eigenvalue weighted by atomic mass is 10.1. The van der Waals surface area contributed by atoms with Gasteiger partial charge in [-0.3, -0.25) is 9.36 Å². The van der Waals surface area contributed by atoms with E-state index in [-0.39, 0.29) is 11.6 Å². The van der Waals surface area contributed by atoms with Crippen LogP contribution in [0.15, 0.2) is 29.1 Å². The van der Waals surface area contributed by atoms with Gasteiger partial charge in [0.2, 0.25) is 5.91 Å². The maximum atomic E-state index is 12.6. The predicted molar refractivity (Wildman–Crippen MR) is 94.4 cm³/mol. The van der Waals surface area contributed by atoms with Crippen molar-refractivity contribution in [2.24, 2.45) is 5.92 Å². The topological polar surface area (TPSA) is 60.1 Å². The van der Waals surface area contributed by atoms with Crippen LogP contribution in [0.4, 0.5) is 0 Å². The van der Waals surface area contributed by atoms with Crippen LogP contribution >= 0.6 is 0 Å². The van der Waals surface area contributed by atoms with E-state index in [4.69, 9.17) is 0 Å². The fraction of sp³-hybridized carbons (Fsp3) is 0.526. The second kappa shape index (κ2) is 6.50. The van der Waals surface area contributed by atoms with Crippen molar-refractivity contribution < 1.29 is 4.79 Å². The van der Waals surface area contributed by atoms with Crippen molar-refractivity contribution in [3.8, 4) is 0 Å². The standard InChI is InChI=1S/C19H24N4O2/c1-14-2-4-15(5-3-14)12-18(24)21-9-8-17-20-23(13-16-6-7-16)19(25)22(17)11-10-21/h2-5,16H,6-13H2,1H3. The fourth-order valence-electron chi connectivity index (χ4n) is 3.37. The van der Waals surface area contributed by atoms with E-state index in [1.54, 1.807) is 9.25 Å². The molecular formula is C19H24N4O2.